The minimum absolute atomic E-state index is 0.000500. The highest BCUT2D eigenvalue weighted by molar-refractivity contribution is 6.48. The Morgan fingerprint density at radius 3 is 2.55 bits per heavy atom. The third-order valence-corrected chi connectivity index (χ3v) is 9.29. The number of pyridine rings is 1. The smallest absolute Gasteiger partial charge is 0.404 e. The summed E-state index contributed by atoms with van der Waals surface area (Å²) in [5.74, 6) is -0.0970. The van der Waals surface area contributed by atoms with Gasteiger partial charge in [0.15, 0.2) is 0 Å². The number of benzene rings is 1. The predicted molar refractivity (Wildman–Crippen MR) is 146 cm³/mol. The molecule has 2 amide bonds. The van der Waals surface area contributed by atoms with E-state index in [1.165, 1.54) is 6.92 Å². The summed E-state index contributed by atoms with van der Waals surface area (Å²) in [6.45, 7) is 12.5. The number of nitrogens with zero attached hydrogens (tertiary/aromatic N) is 1. The fourth-order valence-corrected chi connectivity index (χ4v) is 7.00. The van der Waals surface area contributed by atoms with Crippen LogP contribution in [0.3, 0.4) is 0 Å². The fourth-order valence-electron chi connectivity index (χ4n) is 7.00. The van der Waals surface area contributed by atoms with Gasteiger partial charge in [-0.3, -0.25) is 14.6 Å². The first-order valence-corrected chi connectivity index (χ1v) is 13.9. The summed E-state index contributed by atoms with van der Waals surface area (Å²) in [5.41, 5.74) is 0.0414. The van der Waals surface area contributed by atoms with Crippen LogP contribution in [-0.2, 0) is 14.1 Å². The van der Waals surface area contributed by atoms with E-state index < -0.39 is 37.0 Å². The van der Waals surface area contributed by atoms with E-state index in [4.69, 9.17) is 9.31 Å². The zero-order chi connectivity index (χ0) is 27.4. The molecule has 2 bridgehead atoms. The standard InChI is InChI=1S/C29H40BN3O5/c1-16(2)13-23(30-37-22-15-19-14-21(28(19,4)5)29(22,6)38-30)32-26(35)24(17(3)34)33-27(36)25-20-10-8-7-9-18(20)11-12-31-25/h7-12,16-17,19,21-24,34H,13-15H2,1-6H3,(H,32,35)(H,33,36)/t17-,19+,21+,22-,23+,24+,29+/m1/s1. The van der Waals surface area contributed by atoms with E-state index in [0.29, 0.717) is 23.6 Å². The van der Waals surface area contributed by atoms with Gasteiger partial charge in [-0.2, -0.15) is 0 Å². The molecule has 38 heavy (non-hydrogen) atoms. The quantitative estimate of drug-likeness (QED) is 0.459. The number of rotatable bonds is 8. The first-order chi connectivity index (χ1) is 17.9. The number of aliphatic hydroxyl groups is 1. The van der Waals surface area contributed by atoms with E-state index in [1.807, 2.05) is 30.3 Å². The van der Waals surface area contributed by atoms with Gasteiger partial charge in [-0.05, 0) is 67.7 Å². The zero-order valence-corrected chi connectivity index (χ0v) is 23.2. The molecule has 8 nitrogen and oxygen atoms in total. The van der Waals surface area contributed by atoms with Crippen molar-refractivity contribution < 1.29 is 24.0 Å². The SMILES string of the molecule is CC(C)C[C@H](NC(=O)[C@@H](NC(=O)c1nccc2ccccc12)[C@@H](C)O)B1O[C@@H]2C[C@@H]3C[C@@H](C3(C)C)[C@]2(C)O1. The fraction of sp³-hybridized carbons (Fsp3) is 0.621. The van der Waals surface area contributed by atoms with Crippen LogP contribution in [0.25, 0.3) is 10.8 Å². The van der Waals surface area contributed by atoms with Crippen LogP contribution in [-0.4, -0.2) is 58.8 Å². The molecule has 7 atom stereocenters. The van der Waals surface area contributed by atoms with Crippen molar-refractivity contribution in [2.45, 2.75) is 90.6 Å². The molecule has 4 fully saturated rings. The van der Waals surface area contributed by atoms with Crippen LogP contribution in [0.15, 0.2) is 36.5 Å². The Bertz CT molecular complexity index is 1210. The van der Waals surface area contributed by atoms with Crippen molar-refractivity contribution in [3.63, 3.8) is 0 Å². The number of nitrogens with one attached hydrogen (secondary N) is 2. The largest absolute Gasteiger partial charge is 0.481 e. The molecule has 1 aromatic heterocycles. The second-order valence-electron chi connectivity index (χ2n) is 12.7. The number of aliphatic hydroxyl groups excluding tert-OH is 1. The molecular formula is C29H40BN3O5. The molecule has 0 spiro atoms. The molecule has 3 aliphatic carbocycles. The van der Waals surface area contributed by atoms with Crippen molar-refractivity contribution in [1.82, 2.24) is 15.6 Å². The van der Waals surface area contributed by atoms with E-state index in [2.05, 4.69) is 50.2 Å². The lowest BCUT2D eigenvalue weighted by Gasteiger charge is -2.64. The van der Waals surface area contributed by atoms with Crippen LogP contribution in [0.4, 0.5) is 0 Å². The molecule has 1 aliphatic heterocycles. The second kappa shape index (κ2) is 9.92. The van der Waals surface area contributed by atoms with Gasteiger partial charge in [-0.25, -0.2) is 0 Å². The van der Waals surface area contributed by atoms with Crippen LogP contribution < -0.4 is 10.6 Å². The van der Waals surface area contributed by atoms with E-state index in [0.717, 1.165) is 18.2 Å². The van der Waals surface area contributed by atoms with E-state index in [1.54, 1.807) is 6.20 Å². The lowest BCUT2D eigenvalue weighted by atomic mass is 9.43. The van der Waals surface area contributed by atoms with Gasteiger partial charge in [0.2, 0.25) is 5.91 Å². The summed E-state index contributed by atoms with van der Waals surface area (Å²) in [5, 5.41) is 17.8. The lowest BCUT2D eigenvalue weighted by molar-refractivity contribution is -0.199. The van der Waals surface area contributed by atoms with Crippen molar-refractivity contribution in [3.05, 3.63) is 42.2 Å². The first-order valence-electron chi connectivity index (χ1n) is 13.9. The summed E-state index contributed by atoms with van der Waals surface area (Å²) in [4.78, 5) is 31.0. The zero-order valence-electron chi connectivity index (χ0n) is 23.2. The Hall–Kier alpha value is -2.49. The van der Waals surface area contributed by atoms with Gasteiger partial charge in [-0.1, -0.05) is 52.0 Å². The van der Waals surface area contributed by atoms with Gasteiger partial charge in [-0.15, -0.1) is 0 Å². The van der Waals surface area contributed by atoms with Gasteiger partial charge in [0.25, 0.3) is 5.91 Å². The highest BCUT2D eigenvalue weighted by Crippen LogP contribution is 2.65. The minimum Gasteiger partial charge on any atom is -0.404 e. The Balaban J connectivity index is 1.32. The average Bonchev–Trinajstić information content (AvgIpc) is 3.23. The maximum absolute atomic E-state index is 13.5. The summed E-state index contributed by atoms with van der Waals surface area (Å²) < 4.78 is 13.1. The van der Waals surface area contributed by atoms with Gasteiger partial charge in [0.05, 0.1) is 23.8 Å². The lowest BCUT2D eigenvalue weighted by Crippen LogP contribution is -2.65. The van der Waals surface area contributed by atoms with Crippen LogP contribution in [0.2, 0.25) is 0 Å². The molecule has 204 valence electrons. The molecular weight excluding hydrogens is 481 g/mol. The number of fused-ring (bicyclic) bond motifs is 1. The number of carbonyl (C=O) groups excluding carboxylic acids is 2. The molecule has 2 aromatic rings. The molecule has 4 aliphatic rings. The maximum atomic E-state index is 13.5. The topological polar surface area (TPSA) is 110 Å². The van der Waals surface area contributed by atoms with Gasteiger partial charge in [0.1, 0.15) is 11.7 Å². The summed E-state index contributed by atoms with van der Waals surface area (Å²) in [6.07, 6.45) is 3.20. The van der Waals surface area contributed by atoms with Crippen molar-refractivity contribution in [2.75, 3.05) is 0 Å². The minimum atomic E-state index is -1.16. The number of aromatic nitrogens is 1. The Labute approximate surface area is 225 Å². The van der Waals surface area contributed by atoms with Crippen molar-refractivity contribution in [1.29, 1.82) is 0 Å². The molecule has 3 N–H and O–H groups in total. The van der Waals surface area contributed by atoms with Crippen molar-refractivity contribution in [2.24, 2.45) is 23.2 Å². The molecule has 1 saturated heterocycles. The highest BCUT2D eigenvalue weighted by atomic mass is 16.7. The van der Waals surface area contributed by atoms with Crippen LogP contribution in [0.1, 0.15) is 71.3 Å². The van der Waals surface area contributed by atoms with E-state index >= 15 is 0 Å². The highest BCUT2D eigenvalue weighted by Gasteiger charge is 2.68. The molecule has 0 unspecified atom stereocenters. The molecule has 2 heterocycles. The second-order valence-corrected chi connectivity index (χ2v) is 12.7. The third kappa shape index (κ3) is 4.63. The Kier molecular flexibility index (Phi) is 7.07. The van der Waals surface area contributed by atoms with Crippen molar-refractivity contribution >= 4 is 29.7 Å². The van der Waals surface area contributed by atoms with Gasteiger partial charge >= 0.3 is 7.12 Å². The van der Waals surface area contributed by atoms with E-state index in [9.17, 15) is 14.7 Å². The van der Waals surface area contributed by atoms with Gasteiger partial charge in [0, 0.05) is 11.6 Å². The molecule has 9 heteroatoms. The summed E-state index contributed by atoms with van der Waals surface area (Å²) in [7, 11) is -0.586. The molecule has 6 rings (SSSR count). The van der Waals surface area contributed by atoms with Crippen LogP contribution in [0, 0.1) is 23.2 Å². The number of carbonyl (C=O) groups is 2. The Morgan fingerprint density at radius 2 is 1.87 bits per heavy atom. The predicted octanol–water partition coefficient (Wildman–Crippen LogP) is 3.51. The third-order valence-electron chi connectivity index (χ3n) is 9.29. The number of hydrogen-bond donors (Lipinski definition) is 3. The van der Waals surface area contributed by atoms with Crippen molar-refractivity contribution in [3.8, 4) is 0 Å². The Morgan fingerprint density at radius 1 is 1.13 bits per heavy atom. The molecule has 0 radical (unpaired) electrons. The van der Waals surface area contributed by atoms with Crippen LogP contribution in [0.5, 0.6) is 0 Å². The number of hydrogen-bond acceptors (Lipinski definition) is 6. The maximum Gasteiger partial charge on any atom is 0.481 e. The normalized spacial score (nSPS) is 29.8. The summed E-state index contributed by atoms with van der Waals surface area (Å²) >= 11 is 0. The number of amides is 2. The van der Waals surface area contributed by atoms with E-state index in [-0.39, 0.29) is 28.7 Å². The average molecular weight is 521 g/mol. The first kappa shape index (κ1) is 27.1. The summed E-state index contributed by atoms with van der Waals surface area (Å²) in [6, 6.07) is 8.09. The molecule has 1 aromatic carbocycles. The van der Waals surface area contributed by atoms with Crippen LogP contribution >= 0.6 is 0 Å². The monoisotopic (exact) mass is 521 g/mol. The van der Waals surface area contributed by atoms with Gasteiger partial charge < -0.3 is 25.0 Å². The molecule has 3 saturated carbocycles.